The highest BCUT2D eigenvalue weighted by Gasteiger charge is 2.02. The summed E-state index contributed by atoms with van der Waals surface area (Å²) in [7, 11) is 0. The van der Waals surface area contributed by atoms with E-state index in [1.54, 1.807) is 23.5 Å². The zero-order valence-electron chi connectivity index (χ0n) is 11.3. The maximum absolute atomic E-state index is 9.52. The Morgan fingerprint density at radius 3 is 2.55 bits per heavy atom. The third-order valence-electron chi connectivity index (χ3n) is 3.24. The van der Waals surface area contributed by atoms with Gasteiger partial charge in [0.05, 0.1) is 0 Å². The first-order valence-corrected chi connectivity index (χ1v) is 7.49. The summed E-state index contributed by atoms with van der Waals surface area (Å²) in [5.74, 6) is 1.11. The van der Waals surface area contributed by atoms with E-state index >= 15 is 0 Å². The zero-order chi connectivity index (χ0) is 13.9. The van der Waals surface area contributed by atoms with Crippen LogP contribution < -0.4 is 4.74 Å². The SMILES string of the molecule is CCc1ccc(COc2ccc3ccc(O)cc3c2)s1. The molecule has 2 aromatic carbocycles. The molecule has 0 aliphatic rings. The number of aryl methyl sites for hydroxylation is 1. The minimum Gasteiger partial charge on any atom is -0.508 e. The Balaban J connectivity index is 1.76. The van der Waals surface area contributed by atoms with E-state index in [9.17, 15) is 5.11 Å². The fraction of sp³-hybridized carbons (Fsp3) is 0.176. The summed E-state index contributed by atoms with van der Waals surface area (Å²) in [4.78, 5) is 2.62. The number of hydrogen-bond acceptors (Lipinski definition) is 3. The van der Waals surface area contributed by atoms with Crippen LogP contribution in [0.4, 0.5) is 0 Å². The smallest absolute Gasteiger partial charge is 0.122 e. The quantitative estimate of drug-likeness (QED) is 0.749. The van der Waals surface area contributed by atoms with Gasteiger partial charge in [-0.1, -0.05) is 19.1 Å². The number of rotatable bonds is 4. The molecule has 102 valence electrons. The molecule has 3 aromatic rings. The van der Waals surface area contributed by atoms with Gasteiger partial charge < -0.3 is 9.84 Å². The lowest BCUT2D eigenvalue weighted by Gasteiger charge is -2.06. The Hall–Kier alpha value is -2.00. The second kappa shape index (κ2) is 5.55. The molecule has 3 heteroatoms. The molecule has 3 rings (SSSR count). The van der Waals surface area contributed by atoms with Gasteiger partial charge in [0, 0.05) is 9.75 Å². The maximum atomic E-state index is 9.52. The van der Waals surface area contributed by atoms with Gasteiger partial charge in [-0.15, -0.1) is 11.3 Å². The Labute approximate surface area is 122 Å². The highest BCUT2D eigenvalue weighted by atomic mass is 32.1. The first-order chi connectivity index (χ1) is 9.74. The number of benzene rings is 2. The van der Waals surface area contributed by atoms with Crippen LogP contribution in [0.25, 0.3) is 10.8 Å². The van der Waals surface area contributed by atoms with Crippen LogP contribution in [0.3, 0.4) is 0 Å². The summed E-state index contributed by atoms with van der Waals surface area (Å²) in [6, 6.07) is 15.6. The molecule has 1 N–H and O–H groups in total. The highest BCUT2D eigenvalue weighted by molar-refractivity contribution is 7.11. The van der Waals surface area contributed by atoms with Crippen LogP contribution in [-0.4, -0.2) is 5.11 Å². The Morgan fingerprint density at radius 2 is 1.75 bits per heavy atom. The normalized spacial score (nSPS) is 10.8. The molecule has 0 aliphatic heterocycles. The van der Waals surface area contributed by atoms with E-state index in [0.717, 1.165) is 22.9 Å². The van der Waals surface area contributed by atoms with Crippen molar-refractivity contribution in [1.29, 1.82) is 0 Å². The molecule has 2 nitrogen and oxygen atoms in total. The van der Waals surface area contributed by atoms with Crippen molar-refractivity contribution >= 4 is 22.1 Å². The van der Waals surface area contributed by atoms with Gasteiger partial charge in [-0.25, -0.2) is 0 Å². The van der Waals surface area contributed by atoms with E-state index in [1.165, 1.54) is 9.75 Å². The molecule has 0 amide bonds. The number of phenols is 1. The number of aromatic hydroxyl groups is 1. The molecule has 0 saturated carbocycles. The van der Waals surface area contributed by atoms with Crippen molar-refractivity contribution in [3.63, 3.8) is 0 Å². The summed E-state index contributed by atoms with van der Waals surface area (Å²) in [5, 5.41) is 11.6. The standard InChI is InChI=1S/C17H16O2S/c1-2-16-7-8-17(20-16)11-19-15-6-4-12-3-5-14(18)9-13(12)10-15/h3-10,18H,2,11H2,1H3. The van der Waals surface area contributed by atoms with E-state index in [1.807, 2.05) is 24.3 Å². The van der Waals surface area contributed by atoms with Gasteiger partial charge in [0.2, 0.25) is 0 Å². The van der Waals surface area contributed by atoms with E-state index < -0.39 is 0 Å². The zero-order valence-corrected chi connectivity index (χ0v) is 12.1. The Kier molecular flexibility index (Phi) is 3.61. The fourth-order valence-corrected chi connectivity index (χ4v) is 3.02. The second-order valence-electron chi connectivity index (χ2n) is 4.70. The monoisotopic (exact) mass is 284 g/mol. The molecular formula is C17H16O2S. The van der Waals surface area contributed by atoms with Crippen LogP contribution in [0, 0.1) is 0 Å². The summed E-state index contributed by atoms with van der Waals surface area (Å²) in [6.45, 7) is 2.75. The largest absolute Gasteiger partial charge is 0.508 e. The van der Waals surface area contributed by atoms with Gasteiger partial charge in [0.25, 0.3) is 0 Å². The van der Waals surface area contributed by atoms with Crippen LogP contribution in [0.15, 0.2) is 48.5 Å². The van der Waals surface area contributed by atoms with E-state index in [-0.39, 0.29) is 5.75 Å². The first kappa shape index (κ1) is 13.0. The van der Waals surface area contributed by atoms with Gasteiger partial charge in [-0.3, -0.25) is 0 Å². The van der Waals surface area contributed by atoms with E-state index in [2.05, 4.69) is 19.1 Å². The maximum Gasteiger partial charge on any atom is 0.122 e. The molecule has 0 fully saturated rings. The molecule has 0 bridgehead atoms. The number of ether oxygens (including phenoxy) is 1. The second-order valence-corrected chi connectivity index (χ2v) is 5.96. The molecule has 0 spiro atoms. The van der Waals surface area contributed by atoms with Crippen molar-refractivity contribution in [2.45, 2.75) is 20.0 Å². The molecule has 0 aliphatic carbocycles. The van der Waals surface area contributed by atoms with E-state index in [4.69, 9.17) is 4.74 Å². The molecular weight excluding hydrogens is 268 g/mol. The lowest BCUT2D eigenvalue weighted by atomic mass is 10.1. The van der Waals surface area contributed by atoms with Crippen LogP contribution in [0.5, 0.6) is 11.5 Å². The van der Waals surface area contributed by atoms with Crippen LogP contribution in [-0.2, 0) is 13.0 Å². The molecule has 0 unspecified atom stereocenters. The predicted molar refractivity (Wildman–Crippen MR) is 83.6 cm³/mol. The molecule has 1 heterocycles. The molecule has 0 atom stereocenters. The fourth-order valence-electron chi connectivity index (χ4n) is 2.15. The molecule has 20 heavy (non-hydrogen) atoms. The van der Waals surface area contributed by atoms with Crippen LogP contribution >= 0.6 is 11.3 Å². The van der Waals surface area contributed by atoms with Gasteiger partial charge in [0.1, 0.15) is 18.1 Å². The lowest BCUT2D eigenvalue weighted by molar-refractivity contribution is 0.310. The Morgan fingerprint density at radius 1 is 0.950 bits per heavy atom. The minimum absolute atomic E-state index is 0.278. The van der Waals surface area contributed by atoms with Gasteiger partial charge in [-0.2, -0.15) is 0 Å². The minimum atomic E-state index is 0.278. The van der Waals surface area contributed by atoms with E-state index in [0.29, 0.717) is 6.61 Å². The van der Waals surface area contributed by atoms with Crippen molar-refractivity contribution in [2.24, 2.45) is 0 Å². The van der Waals surface area contributed by atoms with Gasteiger partial charge in [0.15, 0.2) is 0 Å². The van der Waals surface area contributed by atoms with Crippen molar-refractivity contribution in [1.82, 2.24) is 0 Å². The number of fused-ring (bicyclic) bond motifs is 1. The summed E-state index contributed by atoms with van der Waals surface area (Å²) < 4.78 is 5.83. The number of thiophene rings is 1. The van der Waals surface area contributed by atoms with Gasteiger partial charge in [-0.05, 0) is 53.6 Å². The van der Waals surface area contributed by atoms with Crippen molar-refractivity contribution in [3.8, 4) is 11.5 Å². The van der Waals surface area contributed by atoms with Gasteiger partial charge >= 0.3 is 0 Å². The predicted octanol–water partition coefficient (Wildman–Crippen LogP) is 4.75. The van der Waals surface area contributed by atoms with Crippen molar-refractivity contribution in [3.05, 3.63) is 58.3 Å². The summed E-state index contributed by atoms with van der Waals surface area (Å²) in [6.07, 6.45) is 1.07. The number of hydrogen-bond donors (Lipinski definition) is 1. The first-order valence-electron chi connectivity index (χ1n) is 6.68. The topological polar surface area (TPSA) is 29.5 Å². The molecule has 1 aromatic heterocycles. The third kappa shape index (κ3) is 2.78. The highest BCUT2D eigenvalue weighted by Crippen LogP contribution is 2.25. The van der Waals surface area contributed by atoms with Crippen molar-refractivity contribution < 1.29 is 9.84 Å². The summed E-state index contributed by atoms with van der Waals surface area (Å²) in [5.41, 5.74) is 0. The Bertz CT molecular complexity index is 731. The third-order valence-corrected chi connectivity index (χ3v) is 4.45. The average molecular weight is 284 g/mol. The molecule has 0 saturated heterocycles. The van der Waals surface area contributed by atoms with Crippen LogP contribution in [0.1, 0.15) is 16.7 Å². The molecule has 0 radical (unpaired) electrons. The summed E-state index contributed by atoms with van der Waals surface area (Å²) >= 11 is 1.79. The van der Waals surface area contributed by atoms with Crippen LogP contribution in [0.2, 0.25) is 0 Å². The number of phenolic OH excluding ortho intramolecular Hbond substituents is 1. The average Bonchev–Trinajstić information content (AvgIpc) is 2.92. The lowest BCUT2D eigenvalue weighted by Crippen LogP contribution is -1.92. The van der Waals surface area contributed by atoms with Crippen molar-refractivity contribution in [2.75, 3.05) is 0 Å².